The molecule has 1 aromatic carbocycles. The molecule has 1 saturated heterocycles. The molecule has 1 aliphatic rings. The van der Waals surface area contributed by atoms with Gasteiger partial charge in [0.15, 0.2) is 0 Å². The highest BCUT2D eigenvalue weighted by Gasteiger charge is 2.25. The number of carbonyl (C=O) groups is 1. The highest BCUT2D eigenvalue weighted by atomic mass is 19.1. The number of halogens is 2. The number of ether oxygens (including phenoxy) is 1. The van der Waals surface area contributed by atoms with Crippen LogP contribution in [0.3, 0.4) is 0 Å². The minimum absolute atomic E-state index is 0.0877. The summed E-state index contributed by atoms with van der Waals surface area (Å²) in [4.78, 5) is 16.3. The lowest BCUT2D eigenvalue weighted by atomic mass is 10.0. The van der Waals surface area contributed by atoms with E-state index in [-0.39, 0.29) is 22.9 Å². The first-order valence-corrected chi connectivity index (χ1v) is 9.69. The van der Waals surface area contributed by atoms with E-state index in [0.29, 0.717) is 30.9 Å². The van der Waals surface area contributed by atoms with Crippen LogP contribution in [0.1, 0.15) is 21.6 Å². The Morgan fingerprint density at radius 3 is 2.80 bits per heavy atom. The van der Waals surface area contributed by atoms with E-state index in [1.54, 1.807) is 12.1 Å². The van der Waals surface area contributed by atoms with Gasteiger partial charge in [-0.05, 0) is 29.8 Å². The Morgan fingerprint density at radius 1 is 1.40 bits per heavy atom. The van der Waals surface area contributed by atoms with Crippen molar-refractivity contribution in [1.29, 1.82) is 0 Å². The molecule has 0 saturated carbocycles. The Kier molecular flexibility index (Phi) is 5.61. The van der Waals surface area contributed by atoms with Gasteiger partial charge >= 0.3 is 0 Å². The van der Waals surface area contributed by atoms with Crippen LogP contribution < -0.4 is 10.6 Å². The van der Waals surface area contributed by atoms with Crippen molar-refractivity contribution in [3.63, 3.8) is 0 Å². The molecule has 156 valence electrons. The predicted octanol–water partition coefficient (Wildman–Crippen LogP) is 2.81. The van der Waals surface area contributed by atoms with Crippen molar-refractivity contribution in [3.05, 3.63) is 65.5 Å². The number of amides is 1. The van der Waals surface area contributed by atoms with Gasteiger partial charge in [0.2, 0.25) is 0 Å². The quantitative estimate of drug-likeness (QED) is 0.676. The molecule has 8 heteroatoms. The largest absolute Gasteiger partial charge is 0.375 e. The van der Waals surface area contributed by atoms with Crippen molar-refractivity contribution in [2.45, 2.75) is 12.5 Å². The van der Waals surface area contributed by atoms with Crippen molar-refractivity contribution in [3.8, 4) is 11.3 Å². The number of hydrogen-bond donors (Lipinski definition) is 2. The summed E-state index contributed by atoms with van der Waals surface area (Å²) in [6, 6.07) is 5.71. The van der Waals surface area contributed by atoms with Crippen LogP contribution in [0.4, 0.5) is 8.78 Å². The van der Waals surface area contributed by atoms with E-state index >= 15 is 0 Å². The summed E-state index contributed by atoms with van der Waals surface area (Å²) in [7, 11) is 1.40. The predicted molar refractivity (Wildman–Crippen MR) is 110 cm³/mol. The number of rotatable bonds is 5. The Labute approximate surface area is 172 Å². The molecular formula is C22H22F2N4O2. The second-order valence-electron chi connectivity index (χ2n) is 7.09. The molecule has 2 N–H and O–H groups in total. The molecule has 0 aliphatic carbocycles. The number of nitrogens with one attached hydrogen (secondary N) is 2. The van der Waals surface area contributed by atoms with E-state index in [4.69, 9.17) is 4.74 Å². The van der Waals surface area contributed by atoms with Crippen LogP contribution in [0.2, 0.25) is 0 Å². The van der Waals surface area contributed by atoms with Crippen LogP contribution in [-0.2, 0) is 11.2 Å². The van der Waals surface area contributed by atoms with E-state index in [9.17, 15) is 13.6 Å². The van der Waals surface area contributed by atoms with Crippen LogP contribution in [0.25, 0.3) is 23.0 Å². The lowest BCUT2D eigenvalue weighted by Gasteiger charge is -2.24. The molecule has 0 bridgehead atoms. The van der Waals surface area contributed by atoms with Crippen molar-refractivity contribution < 1.29 is 18.3 Å². The summed E-state index contributed by atoms with van der Waals surface area (Å²) in [5, 5.41) is 5.63. The summed E-state index contributed by atoms with van der Waals surface area (Å²) in [5.74, 6) is -2.25. The molecule has 1 atom stereocenters. The van der Waals surface area contributed by atoms with Crippen LogP contribution in [-0.4, -0.2) is 48.1 Å². The van der Waals surface area contributed by atoms with Gasteiger partial charge in [0.25, 0.3) is 5.91 Å². The fraction of sp³-hybridized carbons (Fsp3) is 0.273. The number of carbonyl (C=O) groups excluding carboxylic acids is 1. The summed E-state index contributed by atoms with van der Waals surface area (Å²) in [5.41, 5.74) is 1.89. The average Bonchev–Trinajstić information content (AvgIpc) is 3.10. The third-order valence-electron chi connectivity index (χ3n) is 5.18. The molecular weight excluding hydrogens is 390 g/mol. The molecule has 0 unspecified atom stereocenters. The van der Waals surface area contributed by atoms with Crippen molar-refractivity contribution in [2.24, 2.45) is 0 Å². The Balaban J connectivity index is 1.87. The molecule has 2 aromatic heterocycles. The molecule has 1 amide bonds. The lowest BCUT2D eigenvalue weighted by molar-refractivity contribution is 0.0286. The summed E-state index contributed by atoms with van der Waals surface area (Å²) >= 11 is 0. The third kappa shape index (κ3) is 3.71. The highest BCUT2D eigenvalue weighted by Crippen LogP contribution is 2.32. The number of hydrogen-bond acceptors (Lipinski definition) is 4. The molecule has 0 spiro atoms. The van der Waals surface area contributed by atoms with Gasteiger partial charge in [-0.25, -0.2) is 13.8 Å². The van der Waals surface area contributed by atoms with E-state index in [1.807, 2.05) is 16.7 Å². The molecule has 6 nitrogen and oxygen atoms in total. The smallest absolute Gasteiger partial charge is 0.251 e. The third-order valence-corrected chi connectivity index (χ3v) is 5.18. The maximum absolute atomic E-state index is 15.0. The van der Waals surface area contributed by atoms with Gasteiger partial charge in [-0.2, -0.15) is 0 Å². The Hall–Kier alpha value is -3.10. The summed E-state index contributed by atoms with van der Waals surface area (Å²) < 4.78 is 37.6. The number of fused-ring (bicyclic) bond motifs is 1. The van der Waals surface area contributed by atoms with Crippen molar-refractivity contribution in [1.82, 2.24) is 20.0 Å². The van der Waals surface area contributed by atoms with Crippen LogP contribution in [0.15, 0.2) is 37.0 Å². The number of aromatic nitrogens is 2. The van der Waals surface area contributed by atoms with Gasteiger partial charge in [-0.3, -0.25) is 4.79 Å². The first kappa shape index (κ1) is 20.2. The Bertz CT molecular complexity index is 1100. The maximum atomic E-state index is 15.0. The first-order valence-electron chi connectivity index (χ1n) is 9.69. The molecule has 0 radical (unpaired) electrons. The first-order chi connectivity index (χ1) is 14.5. The molecule has 3 aromatic rings. The van der Waals surface area contributed by atoms with Crippen LogP contribution >= 0.6 is 0 Å². The van der Waals surface area contributed by atoms with Crippen LogP contribution in [0.5, 0.6) is 0 Å². The van der Waals surface area contributed by atoms with Gasteiger partial charge in [0.05, 0.1) is 29.7 Å². The van der Waals surface area contributed by atoms with Crippen molar-refractivity contribution >= 4 is 17.6 Å². The zero-order valence-electron chi connectivity index (χ0n) is 16.5. The van der Waals surface area contributed by atoms with Gasteiger partial charge in [0.1, 0.15) is 17.3 Å². The lowest BCUT2D eigenvalue weighted by Crippen LogP contribution is -2.39. The monoisotopic (exact) mass is 412 g/mol. The normalized spacial score (nSPS) is 16.6. The fourth-order valence-electron chi connectivity index (χ4n) is 3.67. The second-order valence-corrected chi connectivity index (χ2v) is 7.09. The zero-order valence-corrected chi connectivity index (χ0v) is 16.5. The minimum Gasteiger partial charge on any atom is -0.375 e. The average molecular weight is 412 g/mol. The SMILES string of the molecule is C=Cc1ccn2c(C[C@H]3CNCCO3)c(-c3c(F)cc(C(=O)NC)cc3F)nc2c1. The number of nitrogens with zero attached hydrogens (tertiary/aromatic N) is 2. The van der Waals surface area contributed by atoms with Gasteiger partial charge in [-0.15, -0.1) is 0 Å². The van der Waals surface area contributed by atoms with E-state index in [2.05, 4.69) is 22.2 Å². The number of morpholine rings is 1. The highest BCUT2D eigenvalue weighted by molar-refractivity contribution is 5.94. The molecule has 3 heterocycles. The number of benzene rings is 1. The standard InChI is InChI=1S/C22H22F2N4O2/c1-3-13-4-6-28-18(11-15-12-26-5-7-30-15)21(27-19(28)8-13)20-16(23)9-14(10-17(20)24)22(29)25-2/h3-4,6,8-10,15,26H,1,5,7,11-12H2,2H3,(H,25,29)/t15-/m0/s1. The maximum Gasteiger partial charge on any atom is 0.251 e. The van der Waals surface area contributed by atoms with Crippen LogP contribution in [0, 0.1) is 11.6 Å². The van der Waals surface area contributed by atoms with E-state index < -0.39 is 17.5 Å². The van der Waals surface area contributed by atoms with E-state index in [0.717, 1.165) is 24.2 Å². The molecule has 30 heavy (non-hydrogen) atoms. The summed E-state index contributed by atoms with van der Waals surface area (Å²) in [6.45, 7) is 5.73. The topological polar surface area (TPSA) is 67.7 Å². The molecule has 1 fully saturated rings. The van der Waals surface area contributed by atoms with Gasteiger partial charge in [0, 0.05) is 38.3 Å². The van der Waals surface area contributed by atoms with Gasteiger partial charge in [-0.1, -0.05) is 12.7 Å². The Morgan fingerprint density at radius 2 is 2.17 bits per heavy atom. The van der Waals surface area contributed by atoms with Gasteiger partial charge < -0.3 is 19.8 Å². The number of imidazole rings is 1. The van der Waals surface area contributed by atoms with Crippen molar-refractivity contribution in [2.75, 3.05) is 26.7 Å². The second kappa shape index (κ2) is 8.33. The zero-order chi connectivity index (χ0) is 21.3. The minimum atomic E-state index is -0.843. The molecule has 1 aliphatic heterocycles. The number of pyridine rings is 1. The fourth-order valence-corrected chi connectivity index (χ4v) is 3.67. The summed E-state index contributed by atoms with van der Waals surface area (Å²) in [6.07, 6.45) is 3.77. The molecule has 4 rings (SSSR count). The van der Waals surface area contributed by atoms with E-state index in [1.165, 1.54) is 7.05 Å².